The van der Waals surface area contributed by atoms with Crippen LogP contribution in [0.1, 0.15) is 49.2 Å². The minimum Gasteiger partial charge on any atom is -0.326 e. The summed E-state index contributed by atoms with van der Waals surface area (Å²) in [6.07, 6.45) is 6.31. The number of nitrogens with zero attached hydrogens (tertiary/aromatic N) is 4. The molecular formula is C24H29N5OS. The van der Waals surface area contributed by atoms with Crippen molar-refractivity contribution >= 4 is 32.3 Å². The smallest absolute Gasteiger partial charge is 0.195 e. The van der Waals surface area contributed by atoms with Crippen LogP contribution >= 0.6 is 11.3 Å². The molecule has 3 heterocycles. The summed E-state index contributed by atoms with van der Waals surface area (Å²) in [5, 5.41) is 0. The van der Waals surface area contributed by atoms with Crippen molar-refractivity contribution in [2.24, 2.45) is 5.73 Å². The summed E-state index contributed by atoms with van der Waals surface area (Å²) in [5.41, 5.74) is 10.3. The first-order chi connectivity index (χ1) is 15.1. The van der Waals surface area contributed by atoms with Crippen molar-refractivity contribution < 1.29 is 4.79 Å². The SMILES string of the molecule is CCN(CC)CCCCC(=O)c1cc2sc3nc(-c4ccc(CN)cc4)cn3c2cn1. The third-order valence-corrected chi connectivity index (χ3v) is 6.79. The van der Waals surface area contributed by atoms with E-state index in [0.29, 0.717) is 18.7 Å². The van der Waals surface area contributed by atoms with E-state index in [-0.39, 0.29) is 5.78 Å². The first kappa shape index (κ1) is 21.6. The van der Waals surface area contributed by atoms with Crippen LogP contribution in [-0.4, -0.2) is 44.7 Å². The van der Waals surface area contributed by atoms with Gasteiger partial charge in [-0.15, -0.1) is 0 Å². The standard InChI is InChI=1S/C24H29N5OS/c1-3-28(4-2)12-6-5-7-22(30)19-13-23-21(15-26-19)29-16-20(27-24(29)31-23)18-10-8-17(14-25)9-11-18/h8-11,13,15-16H,3-7,12,14,25H2,1-2H3. The quantitative estimate of drug-likeness (QED) is 0.287. The number of hydrogen-bond acceptors (Lipinski definition) is 6. The molecule has 4 rings (SSSR count). The van der Waals surface area contributed by atoms with Gasteiger partial charge < -0.3 is 10.6 Å². The number of carbonyl (C=O) groups is 1. The minimum absolute atomic E-state index is 0.119. The summed E-state index contributed by atoms with van der Waals surface area (Å²) < 4.78 is 3.09. The van der Waals surface area contributed by atoms with Crippen LogP contribution in [0.25, 0.3) is 26.4 Å². The number of imidazole rings is 1. The monoisotopic (exact) mass is 435 g/mol. The van der Waals surface area contributed by atoms with E-state index in [1.54, 1.807) is 17.5 Å². The molecule has 0 fully saturated rings. The number of pyridine rings is 1. The number of hydrogen-bond donors (Lipinski definition) is 1. The Morgan fingerprint density at radius 2 is 1.94 bits per heavy atom. The number of rotatable bonds is 10. The van der Waals surface area contributed by atoms with Gasteiger partial charge in [0.2, 0.25) is 0 Å². The largest absolute Gasteiger partial charge is 0.326 e. The molecular weight excluding hydrogens is 406 g/mol. The summed E-state index contributed by atoms with van der Waals surface area (Å²) in [5.74, 6) is 0.119. The average molecular weight is 436 g/mol. The van der Waals surface area contributed by atoms with E-state index in [4.69, 9.17) is 10.7 Å². The van der Waals surface area contributed by atoms with Crippen molar-refractivity contribution in [3.63, 3.8) is 0 Å². The minimum atomic E-state index is 0.119. The van der Waals surface area contributed by atoms with Gasteiger partial charge in [-0.3, -0.25) is 14.2 Å². The molecule has 162 valence electrons. The fourth-order valence-corrected chi connectivity index (χ4v) is 4.81. The fraction of sp³-hybridized carbons (Fsp3) is 0.375. The molecule has 4 aromatic rings. The molecule has 3 aromatic heterocycles. The third-order valence-electron chi connectivity index (χ3n) is 5.77. The fourth-order valence-electron chi connectivity index (χ4n) is 3.79. The first-order valence-electron chi connectivity index (χ1n) is 11.0. The maximum atomic E-state index is 12.6. The molecule has 7 heteroatoms. The van der Waals surface area contributed by atoms with Gasteiger partial charge in [-0.1, -0.05) is 49.4 Å². The van der Waals surface area contributed by atoms with E-state index in [1.807, 2.05) is 36.5 Å². The highest BCUT2D eigenvalue weighted by molar-refractivity contribution is 7.23. The summed E-state index contributed by atoms with van der Waals surface area (Å²) in [6, 6.07) is 10.1. The van der Waals surface area contributed by atoms with Gasteiger partial charge in [-0.05, 0) is 44.1 Å². The van der Waals surface area contributed by atoms with E-state index >= 15 is 0 Å². The Balaban J connectivity index is 1.47. The molecule has 0 spiro atoms. The third kappa shape index (κ3) is 4.69. The first-order valence-corrected chi connectivity index (χ1v) is 11.8. The average Bonchev–Trinajstić information content (AvgIpc) is 3.36. The van der Waals surface area contributed by atoms with Gasteiger partial charge in [-0.2, -0.15) is 0 Å². The predicted octanol–water partition coefficient (Wildman–Crippen LogP) is 4.76. The Bertz CT molecular complexity index is 1170. The van der Waals surface area contributed by atoms with Gasteiger partial charge in [0, 0.05) is 24.7 Å². The zero-order chi connectivity index (χ0) is 21.8. The van der Waals surface area contributed by atoms with Crippen molar-refractivity contribution in [3.05, 3.63) is 54.0 Å². The molecule has 0 aliphatic rings. The molecule has 0 unspecified atom stereocenters. The van der Waals surface area contributed by atoms with Gasteiger partial charge in [0.25, 0.3) is 0 Å². The zero-order valence-electron chi connectivity index (χ0n) is 18.2. The number of unbranched alkanes of at least 4 members (excludes halogenated alkanes) is 1. The van der Waals surface area contributed by atoms with E-state index in [0.717, 1.165) is 64.5 Å². The predicted molar refractivity (Wildman–Crippen MR) is 128 cm³/mol. The number of Topliss-reactive ketones (excluding diaryl/α,β-unsaturated/α-hetero) is 1. The van der Waals surface area contributed by atoms with E-state index in [9.17, 15) is 4.79 Å². The second-order valence-electron chi connectivity index (χ2n) is 7.73. The van der Waals surface area contributed by atoms with Gasteiger partial charge in [-0.25, -0.2) is 4.98 Å². The van der Waals surface area contributed by atoms with Gasteiger partial charge in [0.1, 0.15) is 5.69 Å². The van der Waals surface area contributed by atoms with E-state index < -0.39 is 0 Å². The second-order valence-corrected chi connectivity index (χ2v) is 8.74. The summed E-state index contributed by atoms with van der Waals surface area (Å²) >= 11 is 1.59. The summed E-state index contributed by atoms with van der Waals surface area (Å²) in [4.78, 5) is 25.1. The van der Waals surface area contributed by atoms with Gasteiger partial charge >= 0.3 is 0 Å². The molecule has 0 radical (unpaired) electrons. The molecule has 0 saturated carbocycles. The Morgan fingerprint density at radius 3 is 2.65 bits per heavy atom. The lowest BCUT2D eigenvalue weighted by atomic mass is 10.1. The number of nitrogens with two attached hydrogens (primary N) is 1. The number of thiazole rings is 1. The van der Waals surface area contributed by atoms with Gasteiger partial charge in [0.15, 0.2) is 10.7 Å². The number of benzene rings is 1. The molecule has 1 aromatic carbocycles. The zero-order valence-corrected chi connectivity index (χ0v) is 19.0. The van der Waals surface area contributed by atoms with Crippen LogP contribution in [0.4, 0.5) is 0 Å². The number of ketones is 1. The van der Waals surface area contributed by atoms with Gasteiger partial charge in [0.05, 0.1) is 22.1 Å². The van der Waals surface area contributed by atoms with Crippen molar-refractivity contribution in [1.82, 2.24) is 19.3 Å². The van der Waals surface area contributed by atoms with Crippen LogP contribution in [-0.2, 0) is 6.54 Å². The summed E-state index contributed by atoms with van der Waals surface area (Å²) in [6.45, 7) is 8.05. The molecule has 0 atom stereocenters. The Labute approximate surface area is 186 Å². The lowest BCUT2D eigenvalue weighted by Crippen LogP contribution is -2.24. The van der Waals surface area contributed by atoms with Crippen LogP contribution in [0.3, 0.4) is 0 Å². The van der Waals surface area contributed by atoms with Crippen LogP contribution in [0.5, 0.6) is 0 Å². The van der Waals surface area contributed by atoms with Crippen molar-refractivity contribution in [1.29, 1.82) is 0 Å². The molecule has 0 aliphatic carbocycles. The van der Waals surface area contributed by atoms with Crippen LogP contribution in [0.2, 0.25) is 0 Å². The molecule has 0 bridgehead atoms. The van der Waals surface area contributed by atoms with Crippen molar-refractivity contribution in [2.45, 2.75) is 39.7 Å². The molecule has 0 amide bonds. The van der Waals surface area contributed by atoms with Crippen LogP contribution in [0, 0.1) is 0 Å². The number of fused-ring (bicyclic) bond motifs is 3. The van der Waals surface area contributed by atoms with Crippen LogP contribution in [0.15, 0.2) is 42.7 Å². The van der Waals surface area contributed by atoms with E-state index in [1.165, 1.54) is 0 Å². The van der Waals surface area contributed by atoms with Crippen molar-refractivity contribution in [2.75, 3.05) is 19.6 Å². The Hall–Kier alpha value is -2.61. The maximum Gasteiger partial charge on any atom is 0.195 e. The highest BCUT2D eigenvalue weighted by Crippen LogP contribution is 2.29. The van der Waals surface area contributed by atoms with Crippen LogP contribution < -0.4 is 5.73 Å². The highest BCUT2D eigenvalue weighted by atomic mass is 32.1. The Kier molecular flexibility index (Phi) is 6.75. The number of carbonyl (C=O) groups excluding carboxylic acids is 1. The number of aromatic nitrogens is 3. The molecule has 6 nitrogen and oxygen atoms in total. The summed E-state index contributed by atoms with van der Waals surface area (Å²) in [7, 11) is 0. The lowest BCUT2D eigenvalue weighted by molar-refractivity contribution is 0.0973. The second kappa shape index (κ2) is 9.68. The molecule has 0 aliphatic heterocycles. The maximum absolute atomic E-state index is 12.6. The molecule has 2 N–H and O–H groups in total. The lowest BCUT2D eigenvalue weighted by Gasteiger charge is -2.17. The molecule has 31 heavy (non-hydrogen) atoms. The normalized spacial score (nSPS) is 11.7. The highest BCUT2D eigenvalue weighted by Gasteiger charge is 2.14. The Morgan fingerprint density at radius 1 is 1.16 bits per heavy atom. The topological polar surface area (TPSA) is 76.5 Å². The van der Waals surface area contributed by atoms with Crippen molar-refractivity contribution in [3.8, 4) is 11.3 Å². The molecule has 0 saturated heterocycles. The van der Waals surface area contributed by atoms with E-state index in [2.05, 4.69) is 28.1 Å².